The number of carbonyl (C=O) groups excluding carboxylic acids is 1. The first kappa shape index (κ1) is 20.7. The van der Waals surface area contributed by atoms with Gasteiger partial charge in [-0.05, 0) is 56.2 Å². The molecule has 0 amide bonds. The molecule has 0 bridgehead atoms. The van der Waals surface area contributed by atoms with Crippen molar-refractivity contribution in [1.29, 1.82) is 0 Å². The second-order valence-corrected chi connectivity index (χ2v) is 7.14. The Morgan fingerprint density at radius 1 is 1.07 bits per heavy atom. The van der Waals surface area contributed by atoms with Crippen molar-refractivity contribution in [2.45, 2.75) is 33.4 Å². The zero-order valence-corrected chi connectivity index (χ0v) is 17.5. The van der Waals surface area contributed by atoms with E-state index < -0.39 is 0 Å². The second-order valence-electron chi connectivity index (χ2n) is 7.14. The largest absolute Gasteiger partial charge is 0.496 e. The summed E-state index contributed by atoms with van der Waals surface area (Å²) < 4.78 is 16.4. The van der Waals surface area contributed by atoms with E-state index in [9.17, 15) is 4.79 Å². The van der Waals surface area contributed by atoms with Gasteiger partial charge in [0.2, 0.25) is 0 Å². The lowest BCUT2D eigenvalue weighted by molar-refractivity contribution is 0.0600. The average molecular weight is 393 g/mol. The van der Waals surface area contributed by atoms with Gasteiger partial charge in [-0.2, -0.15) is 0 Å². The fourth-order valence-corrected chi connectivity index (χ4v) is 3.22. The van der Waals surface area contributed by atoms with Crippen LogP contribution in [0, 0.1) is 13.8 Å². The number of furan rings is 1. The number of carbonyl (C=O) groups is 1. The van der Waals surface area contributed by atoms with Gasteiger partial charge < -0.3 is 19.2 Å². The van der Waals surface area contributed by atoms with Crippen LogP contribution in [0.1, 0.15) is 45.8 Å². The molecule has 1 aromatic heterocycles. The first-order valence-corrected chi connectivity index (χ1v) is 9.59. The molecule has 152 valence electrons. The van der Waals surface area contributed by atoms with Crippen molar-refractivity contribution < 1.29 is 18.7 Å². The molecule has 0 saturated carbocycles. The van der Waals surface area contributed by atoms with E-state index in [2.05, 4.69) is 43.4 Å². The van der Waals surface area contributed by atoms with E-state index in [4.69, 9.17) is 13.9 Å². The lowest BCUT2D eigenvalue weighted by Crippen LogP contribution is -2.17. The molecule has 0 fully saturated rings. The van der Waals surface area contributed by atoms with Crippen LogP contribution in [0.5, 0.6) is 5.75 Å². The Balaban J connectivity index is 1.78. The molecule has 0 aliphatic carbocycles. The van der Waals surface area contributed by atoms with E-state index in [0.717, 1.165) is 16.9 Å². The summed E-state index contributed by atoms with van der Waals surface area (Å²) in [5, 5.41) is 3.48. The molecule has 2 aromatic carbocycles. The predicted octanol–water partition coefficient (Wildman–Crippen LogP) is 5.21. The van der Waals surface area contributed by atoms with Gasteiger partial charge in [-0.1, -0.05) is 29.8 Å². The number of rotatable bonds is 7. The van der Waals surface area contributed by atoms with Crippen LogP contribution in [0.15, 0.2) is 52.9 Å². The third-order valence-electron chi connectivity index (χ3n) is 5.04. The highest BCUT2D eigenvalue weighted by molar-refractivity contribution is 5.93. The number of ether oxygens (including phenoxy) is 2. The average Bonchev–Trinajstić information content (AvgIpc) is 3.20. The number of hydrogen-bond acceptors (Lipinski definition) is 5. The van der Waals surface area contributed by atoms with E-state index in [1.807, 2.05) is 25.1 Å². The van der Waals surface area contributed by atoms with Crippen molar-refractivity contribution >= 4 is 5.97 Å². The Bertz CT molecular complexity index is 989. The van der Waals surface area contributed by atoms with Crippen molar-refractivity contribution in [3.05, 3.63) is 76.5 Å². The Labute approximate surface area is 171 Å². The van der Waals surface area contributed by atoms with Gasteiger partial charge in [0.05, 0.1) is 31.9 Å². The number of aryl methyl sites for hydroxylation is 2. The molecular formula is C24H27NO4. The van der Waals surface area contributed by atoms with Crippen LogP contribution in [0.4, 0.5) is 0 Å². The Kier molecular flexibility index (Phi) is 6.39. The summed E-state index contributed by atoms with van der Waals surface area (Å²) in [5.41, 5.74) is 4.47. The van der Waals surface area contributed by atoms with Crippen LogP contribution in [-0.2, 0) is 11.3 Å². The molecular weight excluding hydrogens is 366 g/mol. The lowest BCUT2D eigenvalue weighted by Gasteiger charge is -2.14. The number of hydrogen-bond donors (Lipinski definition) is 1. The van der Waals surface area contributed by atoms with E-state index in [1.165, 1.54) is 18.2 Å². The van der Waals surface area contributed by atoms with Crippen LogP contribution in [0.25, 0.3) is 11.3 Å². The van der Waals surface area contributed by atoms with Gasteiger partial charge in [-0.25, -0.2) is 4.79 Å². The van der Waals surface area contributed by atoms with Gasteiger partial charge in [0, 0.05) is 6.04 Å². The Morgan fingerprint density at radius 2 is 1.79 bits per heavy atom. The minimum Gasteiger partial charge on any atom is -0.496 e. The van der Waals surface area contributed by atoms with E-state index >= 15 is 0 Å². The highest BCUT2D eigenvalue weighted by Gasteiger charge is 2.18. The van der Waals surface area contributed by atoms with Gasteiger partial charge in [-0.15, -0.1) is 0 Å². The molecule has 1 atom stereocenters. The SMILES string of the molecule is COC(=O)c1cc(-c2ccc(CN[C@H](C)c3ccc(C)cc3)o2)c(OC)cc1C. The summed E-state index contributed by atoms with van der Waals surface area (Å²) in [6, 6.07) is 16.1. The van der Waals surface area contributed by atoms with Crippen molar-refractivity contribution in [1.82, 2.24) is 5.32 Å². The lowest BCUT2D eigenvalue weighted by atomic mass is 10.0. The van der Waals surface area contributed by atoms with Crippen molar-refractivity contribution in [2.75, 3.05) is 14.2 Å². The summed E-state index contributed by atoms with van der Waals surface area (Å²) >= 11 is 0. The highest BCUT2D eigenvalue weighted by Crippen LogP contribution is 2.34. The number of nitrogens with one attached hydrogen (secondary N) is 1. The maximum Gasteiger partial charge on any atom is 0.338 e. The smallest absolute Gasteiger partial charge is 0.338 e. The van der Waals surface area contributed by atoms with Crippen LogP contribution in [-0.4, -0.2) is 20.2 Å². The summed E-state index contributed by atoms with van der Waals surface area (Å²) in [4.78, 5) is 12.1. The minimum atomic E-state index is -0.383. The monoisotopic (exact) mass is 393 g/mol. The van der Waals surface area contributed by atoms with Crippen LogP contribution < -0.4 is 10.1 Å². The topological polar surface area (TPSA) is 60.7 Å². The molecule has 1 heterocycles. The molecule has 0 spiro atoms. The van der Waals surface area contributed by atoms with Crippen molar-refractivity contribution in [2.24, 2.45) is 0 Å². The zero-order chi connectivity index (χ0) is 21.0. The maximum absolute atomic E-state index is 12.1. The molecule has 3 rings (SSSR count). The van der Waals surface area contributed by atoms with E-state index in [-0.39, 0.29) is 12.0 Å². The van der Waals surface area contributed by atoms with Gasteiger partial charge in [0.15, 0.2) is 0 Å². The molecule has 0 unspecified atom stereocenters. The predicted molar refractivity (Wildman–Crippen MR) is 113 cm³/mol. The summed E-state index contributed by atoms with van der Waals surface area (Å²) in [5.74, 6) is 1.72. The fraction of sp³-hybridized carbons (Fsp3) is 0.292. The third-order valence-corrected chi connectivity index (χ3v) is 5.04. The third kappa shape index (κ3) is 4.69. The van der Waals surface area contributed by atoms with Crippen molar-refractivity contribution in [3.8, 4) is 17.1 Å². The quantitative estimate of drug-likeness (QED) is 0.559. The standard InChI is InChI=1S/C24H27NO4/c1-15-6-8-18(9-7-15)17(3)25-14-19-10-11-22(29-19)21-13-20(24(26)28-5)16(2)12-23(21)27-4/h6-13,17,25H,14H2,1-5H3/t17-/m1/s1. The van der Waals surface area contributed by atoms with E-state index in [0.29, 0.717) is 23.6 Å². The Morgan fingerprint density at radius 3 is 2.45 bits per heavy atom. The number of benzene rings is 2. The molecule has 0 aliphatic rings. The highest BCUT2D eigenvalue weighted by atomic mass is 16.5. The number of esters is 1. The fourth-order valence-electron chi connectivity index (χ4n) is 3.22. The maximum atomic E-state index is 12.1. The summed E-state index contributed by atoms with van der Waals surface area (Å²) in [6.07, 6.45) is 0. The van der Waals surface area contributed by atoms with Gasteiger partial charge in [-0.3, -0.25) is 0 Å². The molecule has 0 aliphatic heterocycles. The molecule has 0 radical (unpaired) electrons. The molecule has 5 nitrogen and oxygen atoms in total. The number of methoxy groups -OCH3 is 2. The van der Waals surface area contributed by atoms with Gasteiger partial charge in [0.1, 0.15) is 17.3 Å². The second kappa shape index (κ2) is 8.97. The van der Waals surface area contributed by atoms with E-state index in [1.54, 1.807) is 13.2 Å². The van der Waals surface area contributed by atoms with Crippen molar-refractivity contribution in [3.63, 3.8) is 0 Å². The van der Waals surface area contributed by atoms with Crippen LogP contribution in [0.2, 0.25) is 0 Å². The minimum absolute atomic E-state index is 0.198. The normalized spacial score (nSPS) is 11.9. The summed E-state index contributed by atoms with van der Waals surface area (Å²) in [7, 11) is 2.97. The first-order chi connectivity index (χ1) is 13.9. The molecule has 29 heavy (non-hydrogen) atoms. The van der Waals surface area contributed by atoms with Gasteiger partial charge >= 0.3 is 5.97 Å². The molecule has 5 heteroatoms. The molecule has 3 aromatic rings. The van der Waals surface area contributed by atoms with Gasteiger partial charge in [0.25, 0.3) is 0 Å². The first-order valence-electron chi connectivity index (χ1n) is 9.59. The Hall–Kier alpha value is -3.05. The summed E-state index contributed by atoms with van der Waals surface area (Å²) in [6.45, 7) is 6.65. The molecule has 1 N–H and O–H groups in total. The van der Waals surface area contributed by atoms with Crippen LogP contribution in [0.3, 0.4) is 0 Å². The molecule has 0 saturated heterocycles. The van der Waals surface area contributed by atoms with Crippen LogP contribution >= 0.6 is 0 Å². The zero-order valence-electron chi connectivity index (χ0n) is 17.5.